The molecule has 0 aliphatic carbocycles. The van der Waals surface area contributed by atoms with Crippen LogP contribution in [0.3, 0.4) is 0 Å². The molecule has 0 aromatic heterocycles. The molecule has 0 aliphatic rings. The van der Waals surface area contributed by atoms with Gasteiger partial charge in [-0.05, 0) is 6.42 Å². The van der Waals surface area contributed by atoms with Gasteiger partial charge in [0, 0.05) is 13.1 Å². The fraction of sp³-hybridized carbons (Fsp3) is 1.00. The zero-order valence-electron chi connectivity index (χ0n) is 6.79. The number of nitrogens with zero attached hydrogens (tertiary/aromatic N) is 1. The first-order valence-corrected chi connectivity index (χ1v) is 5.32. The molecule has 0 aromatic carbocycles. The fourth-order valence-corrected chi connectivity index (χ4v) is 1.79. The molecule has 0 atom stereocenters. The van der Waals surface area contributed by atoms with Crippen molar-refractivity contribution >= 4 is 10.0 Å². The molecule has 0 heterocycles. The minimum atomic E-state index is -2.94. The summed E-state index contributed by atoms with van der Waals surface area (Å²) in [5.74, 6) is 0. The molecule has 0 aromatic rings. The maximum Gasteiger partial charge on any atom is 0.211 e. The predicted octanol–water partition coefficient (Wildman–Crippen LogP) is 0.678. The van der Waals surface area contributed by atoms with Crippen LogP contribution in [0.1, 0.15) is 20.3 Å². The molecule has 0 rings (SSSR count). The topological polar surface area (TPSA) is 37.4 Å². The lowest BCUT2D eigenvalue weighted by molar-refractivity contribution is 0.431. The zero-order valence-corrected chi connectivity index (χ0v) is 7.61. The molecule has 3 nitrogen and oxygen atoms in total. The molecule has 0 spiro atoms. The normalized spacial score (nSPS) is 12.4. The van der Waals surface area contributed by atoms with Crippen molar-refractivity contribution in [3.63, 3.8) is 0 Å². The zero-order chi connectivity index (χ0) is 8.20. The molecule has 10 heavy (non-hydrogen) atoms. The molecular weight excluding hydrogens is 150 g/mol. The molecular formula is C6H15NO2S. The van der Waals surface area contributed by atoms with E-state index >= 15 is 0 Å². The third kappa shape index (κ3) is 3.17. The van der Waals surface area contributed by atoms with Crippen molar-refractivity contribution in [1.29, 1.82) is 0 Å². The van der Waals surface area contributed by atoms with E-state index in [-0.39, 0.29) is 0 Å². The lowest BCUT2D eigenvalue weighted by atomic mass is 10.5. The summed E-state index contributed by atoms with van der Waals surface area (Å²) < 4.78 is 23.2. The average molecular weight is 165 g/mol. The van der Waals surface area contributed by atoms with Gasteiger partial charge >= 0.3 is 0 Å². The molecule has 0 amide bonds. The lowest BCUT2D eigenvalue weighted by Gasteiger charge is -2.15. The van der Waals surface area contributed by atoms with Gasteiger partial charge in [0.15, 0.2) is 0 Å². The molecule has 0 aliphatic heterocycles. The Morgan fingerprint density at radius 3 is 1.90 bits per heavy atom. The van der Waals surface area contributed by atoms with E-state index in [1.54, 1.807) is 0 Å². The second-order valence-electron chi connectivity index (χ2n) is 2.25. The van der Waals surface area contributed by atoms with Crippen LogP contribution in [-0.2, 0) is 10.0 Å². The monoisotopic (exact) mass is 165 g/mol. The minimum absolute atomic E-state index is 0.576. The summed E-state index contributed by atoms with van der Waals surface area (Å²) in [6.07, 6.45) is 2.12. The lowest BCUT2D eigenvalue weighted by Crippen LogP contribution is -2.30. The van der Waals surface area contributed by atoms with Crippen LogP contribution in [0.5, 0.6) is 0 Å². The predicted molar refractivity (Wildman–Crippen MR) is 42.4 cm³/mol. The Morgan fingerprint density at radius 2 is 1.80 bits per heavy atom. The van der Waals surface area contributed by atoms with Gasteiger partial charge in [-0.15, -0.1) is 0 Å². The molecule has 4 heteroatoms. The van der Waals surface area contributed by atoms with E-state index in [0.29, 0.717) is 13.1 Å². The van der Waals surface area contributed by atoms with E-state index in [2.05, 4.69) is 0 Å². The smallest absolute Gasteiger partial charge is 0.211 e. The van der Waals surface area contributed by atoms with E-state index in [9.17, 15) is 8.42 Å². The van der Waals surface area contributed by atoms with Gasteiger partial charge in [0.25, 0.3) is 0 Å². The highest BCUT2D eigenvalue weighted by Crippen LogP contribution is 1.97. The standard InChI is InChI=1S/C6H15NO2S/c1-4-6-7(5-2)10(3,8)9/h4-6H2,1-3H3. The van der Waals surface area contributed by atoms with Gasteiger partial charge in [0.2, 0.25) is 10.0 Å². The summed E-state index contributed by atoms with van der Waals surface area (Å²) in [6.45, 7) is 5.02. The first kappa shape index (κ1) is 9.91. The second kappa shape index (κ2) is 3.93. The van der Waals surface area contributed by atoms with Crippen molar-refractivity contribution in [2.45, 2.75) is 20.3 Å². The average Bonchev–Trinajstić information content (AvgIpc) is 1.80. The first-order chi connectivity index (χ1) is 4.52. The Labute approximate surface area is 63.1 Å². The van der Waals surface area contributed by atoms with Crippen LogP contribution in [0.4, 0.5) is 0 Å². The number of hydrogen-bond donors (Lipinski definition) is 0. The maximum absolute atomic E-state index is 10.9. The Balaban J connectivity index is 4.08. The SMILES string of the molecule is CCCN(CC)S(C)(=O)=O. The van der Waals surface area contributed by atoms with Gasteiger partial charge in [0.05, 0.1) is 6.26 Å². The van der Waals surface area contributed by atoms with E-state index < -0.39 is 10.0 Å². The molecule has 0 radical (unpaired) electrons. The van der Waals surface area contributed by atoms with Gasteiger partial charge in [-0.2, -0.15) is 0 Å². The van der Waals surface area contributed by atoms with Gasteiger partial charge in [-0.3, -0.25) is 0 Å². The third-order valence-electron chi connectivity index (χ3n) is 1.29. The van der Waals surface area contributed by atoms with E-state index in [0.717, 1.165) is 6.42 Å². The van der Waals surface area contributed by atoms with E-state index in [1.807, 2.05) is 13.8 Å². The highest BCUT2D eigenvalue weighted by Gasteiger charge is 2.11. The molecule has 0 unspecified atom stereocenters. The van der Waals surface area contributed by atoms with Crippen molar-refractivity contribution < 1.29 is 8.42 Å². The number of sulfonamides is 1. The highest BCUT2D eigenvalue weighted by molar-refractivity contribution is 7.88. The van der Waals surface area contributed by atoms with Crippen molar-refractivity contribution in [3.05, 3.63) is 0 Å². The van der Waals surface area contributed by atoms with Crippen molar-refractivity contribution in [1.82, 2.24) is 4.31 Å². The summed E-state index contributed by atoms with van der Waals surface area (Å²) in [6, 6.07) is 0. The van der Waals surface area contributed by atoms with Gasteiger partial charge in [-0.25, -0.2) is 12.7 Å². The van der Waals surface area contributed by atoms with Crippen LogP contribution < -0.4 is 0 Å². The Morgan fingerprint density at radius 1 is 1.30 bits per heavy atom. The van der Waals surface area contributed by atoms with E-state index in [4.69, 9.17) is 0 Å². The Bertz CT molecular complexity index is 174. The van der Waals surface area contributed by atoms with Crippen LogP contribution in [0, 0.1) is 0 Å². The molecule has 0 saturated heterocycles. The second-order valence-corrected chi connectivity index (χ2v) is 4.24. The molecule has 0 bridgehead atoms. The van der Waals surface area contributed by atoms with Crippen molar-refractivity contribution in [2.24, 2.45) is 0 Å². The van der Waals surface area contributed by atoms with Crippen LogP contribution in [0.15, 0.2) is 0 Å². The first-order valence-electron chi connectivity index (χ1n) is 3.47. The van der Waals surface area contributed by atoms with Gasteiger partial charge in [0.1, 0.15) is 0 Å². The Kier molecular flexibility index (Phi) is 3.89. The fourth-order valence-electron chi connectivity index (χ4n) is 0.808. The maximum atomic E-state index is 10.9. The van der Waals surface area contributed by atoms with Crippen LogP contribution in [0.2, 0.25) is 0 Å². The highest BCUT2D eigenvalue weighted by atomic mass is 32.2. The summed E-state index contributed by atoms with van der Waals surface area (Å²) in [4.78, 5) is 0. The van der Waals surface area contributed by atoms with Gasteiger partial charge in [-0.1, -0.05) is 13.8 Å². The summed E-state index contributed by atoms with van der Waals surface area (Å²) in [7, 11) is -2.94. The molecule has 0 N–H and O–H groups in total. The number of rotatable bonds is 4. The van der Waals surface area contributed by atoms with Crippen molar-refractivity contribution in [2.75, 3.05) is 19.3 Å². The summed E-state index contributed by atoms with van der Waals surface area (Å²) in [5.41, 5.74) is 0. The van der Waals surface area contributed by atoms with Crippen LogP contribution in [0.25, 0.3) is 0 Å². The Hall–Kier alpha value is -0.0900. The largest absolute Gasteiger partial charge is 0.213 e. The molecule has 0 fully saturated rings. The van der Waals surface area contributed by atoms with Gasteiger partial charge < -0.3 is 0 Å². The van der Waals surface area contributed by atoms with Crippen LogP contribution in [-0.4, -0.2) is 32.1 Å². The minimum Gasteiger partial charge on any atom is -0.213 e. The molecule has 62 valence electrons. The molecule has 0 saturated carbocycles. The van der Waals surface area contributed by atoms with Crippen LogP contribution >= 0.6 is 0 Å². The quantitative estimate of drug-likeness (QED) is 0.614. The third-order valence-corrected chi connectivity index (χ3v) is 2.67. The van der Waals surface area contributed by atoms with Crippen molar-refractivity contribution in [3.8, 4) is 0 Å². The summed E-state index contributed by atoms with van der Waals surface area (Å²) >= 11 is 0. The number of hydrogen-bond acceptors (Lipinski definition) is 2. The summed E-state index contributed by atoms with van der Waals surface area (Å²) in [5, 5.41) is 0. The van der Waals surface area contributed by atoms with E-state index in [1.165, 1.54) is 10.6 Å².